The SMILES string of the molecule is CCOc1cc(/C=C2\C(=O)NC(=O)N(c3cccc(Br)c3)C2=O)cc(Br)c1O. The number of carbonyl (C=O) groups excluding carboxylic acids is 3. The lowest BCUT2D eigenvalue weighted by Crippen LogP contribution is -2.54. The molecular formula is C19H14Br2N2O5. The summed E-state index contributed by atoms with van der Waals surface area (Å²) in [6, 6.07) is 8.80. The summed E-state index contributed by atoms with van der Waals surface area (Å²) in [6.45, 7) is 2.09. The highest BCUT2D eigenvalue weighted by molar-refractivity contribution is 9.10. The van der Waals surface area contributed by atoms with Crippen LogP contribution >= 0.6 is 31.9 Å². The number of phenols is 1. The van der Waals surface area contributed by atoms with Gasteiger partial charge in [0.25, 0.3) is 11.8 Å². The van der Waals surface area contributed by atoms with Gasteiger partial charge in [-0.05, 0) is 64.8 Å². The number of amides is 4. The van der Waals surface area contributed by atoms with Crippen LogP contribution in [0.2, 0.25) is 0 Å². The number of phenolic OH excluding ortho intramolecular Hbond substituents is 1. The zero-order valence-electron chi connectivity index (χ0n) is 14.5. The van der Waals surface area contributed by atoms with Gasteiger partial charge >= 0.3 is 6.03 Å². The van der Waals surface area contributed by atoms with Crippen molar-refractivity contribution >= 4 is 61.5 Å². The van der Waals surface area contributed by atoms with Gasteiger partial charge < -0.3 is 9.84 Å². The van der Waals surface area contributed by atoms with E-state index in [1.54, 1.807) is 31.2 Å². The number of urea groups is 1. The van der Waals surface area contributed by atoms with Gasteiger partial charge in [0.1, 0.15) is 5.57 Å². The molecule has 9 heteroatoms. The molecule has 0 spiro atoms. The molecule has 0 radical (unpaired) electrons. The first-order chi connectivity index (χ1) is 13.3. The fraction of sp³-hybridized carbons (Fsp3) is 0.105. The molecule has 1 heterocycles. The third kappa shape index (κ3) is 3.95. The summed E-state index contributed by atoms with van der Waals surface area (Å²) < 4.78 is 6.38. The first-order valence-electron chi connectivity index (χ1n) is 8.14. The Bertz CT molecular complexity index is 1020. The van der Waals surface area contributed by atoms with Crippen LogP contribution < -0.4 is 15.0 Å². The standard InChI is InChI=1S/C19H14Br2N2O5/c1-2-28-15-8-10(7-14(21)16(15)24)6-13-17(25)22-19(27)23(18(13)26)12-5-3-4-11(20)9-12/h3-9,24H,2H2,1H3,(H,22,25,27)/b13-6+. The van der Waals surface area contributed by atoms with E-state index in [1.165, 1.54) is 18.2 Å². The van der Waals surface area contributed by atoms with E-state index in [9.17, 15) is 19.5 Å². The summed E-state index contributed by atoms with van der Waals surface area (Å²) >= 11 is 6.51. The average Bonchev–Trinajstić information content (AvgIpc) is 2.63. The maximum Gasteiger partial charge on any atom is 0.335 e. The second-order valence-corrected chi connectivity index (χ2v) is 7.49. The molecule has 1 saturated heterocycles. The summed E-state index contributed by atoms with van der Waals surface area (Å²) in [5.74, 6) is -1.45. The van der Waals surface area contributed by atoms with Crippen LogP contribution in [0.5, 0.6) is 11.5 Å². The van der Waals surface area contributed by atoms with Crippen molar-refractivity contribution in [3.05, 3.63) is 56.5 Å². The monoisotopic (exact) mass is 508 g/mol. The van der Waals surface area contributed by atoms with Crippen molar-refractivity contribution in [2.24, 2.45) is 0 Å². The van der Waals surface area contributed by atoms with Gasteiger partial charge in [-0.3, -0.25) is 14.9 Å². The zero-order chi connectivity index (χ0) is 20.4. The predicted molar refractivity (Wildman–Crippen MR) is 110 cm³/mol. The molecule has 0 atom stereocenters. The minimum absolute atomic E-state index is 0.0886. The van der Waals surface area contributed by atoms with Crippen molar-refractivity contribution < 1.29 is 24.2 Å². The largest absolute Gasteiger partial charge is 0.503 e. The molecule has 0 saturated carbocycles. The summed E-state index contributed by atoms with van der Waals surface area (Å²) in [6.07, 6.45) is 1.34. The maximum absolute atomic E-state index is 12.9. The van der Waals surface area contributed by atoms with E-state index in [2.05, 4.69) is 37.2 Å². The van der Waals surface area contributed by atoms with Crippen LogP contribution in [-0.2, 0) is 9.59 Å². The molecule has 2 aromatic rings. The molecule has 1 fully saturated rings. The molecule has 2 aromatic carbocycles. The summed E-state index contributed by atoms with van der Waals surface area (Å²) in [7, 11) is 0. The van der Waals surface area contributed by atoms with Crippen LogP contribution in [0.25, 0.3) is 6.08 Å². The van der Waals surface area contributed by atoms with Crippen LogP contribution in [-0.4, -0.2) is 29.6 Å². The van der Waals surface area contributed by atoms with Crippen molar-refractivity contribution in [1.82, 2.24) is 5.32 Å². The average molecular weight is 510 g/mol. The number of halogens is 2. The van der Waals surface area contributed by atoms with Gasteiger partial charge in [0.2, 0.25) is 0 Å². The number of hydrogen-bond donors (Lipinski definition) is 2. The highest BCUT2D eigenvalue weighted by atomic mass is 79.9. The first-order valence-corrected chi connectivity index (χ1v) is 9.72. The minimum Gasteiger partial charge on any atom is -0.503 e. The van der Waals surface area contributed by atoms with Gasteiger partial charge in [-0.2, -0.15) is 0 Å². The first kappa shape index (κ1) is 20.1. The van der Waals surface area contributed by atoms with Gasteiger partial charge in [-0.25, -0.2) is 9.69 Å². The number of nitrogens with zero attached hydrogens (tertiary/aromatic N) is 1. The molecule has 28 heavy (non-hydrogen) atoms. The smallest absolute Gasteiger partial charge is 0.335 e. The van der Waals surface area contributed by atoms with E-state index < -0.39 is 17.8 Å². The van der Waals surface area contributed by atoms with Crippen molar-refractivity contribution in [1.29, 1.82) is 0 Å². The molecule has 144 valence electrons. The van der Waals surface area contributed by atoms with Crippen molar-refractivity contribution in [2.75, 3.05) is 11.5 Å². The normalized spacial score (nSPS) is 15.8. The molecule has 1 aliphatic heterocycles. The summed E-state index contributed by atoms with van der Waals surface area (Å²) in [5.41, 5.74) is 0.534. The van der Waals surface area contributed by atoms with E-state index in [0.717, 1.165) is 4.90 Å². The van der Waals surface area contributed by atoms with E-state index in [1.807, 2.05) is 0 Å². The van der Waals surface area contributed by atoms with Gasteiger partial charge in [0, 0.05) is 4.47 Å². The van der Waals surface area contributed by atoms with Crippen LogP contribution in [0, 0.1) is 0 Å². The number of nitrogens with one attached hydrogen (secondary N) is 1. The lowest BCUT2D eigenvalue weighted by Gasteiger charge is -2.26. The molecular weight excluding hydrogens is 496 g/mol. The topological polar surface area (TPSA) is 95.9 Å². The van der Waals surface area contributed by atoms with Crippen LogP contribution in [0.1, 0.15) is 12.5 Å². The second-order valence-electron chi connectivity index (χ2n) is 5.72. The minimum atomic E-state index is -0.827. The second kappa shape index (κ2) is 8.15. The molecule has 0 bridgehead atoms. The van der Waals surface area contributed by atoms with Gasteiger partial charge in [-0.15, -0.1) is 0 Å². The predicted octanol–water partition coefficient (Wildman–Crippen LogP) is 3.98. The summed E-state index contributed by atoms with van der Waals surface area (Å²) in [5, 5.41) is 12.2. The molecule has 3 rings (SSSR count). The highest BCUT2D eigenvalue weighted by Gasteiger charge is 2.36. The van der Waals surface area contributed by atoms with Crippen LogP contribution in [0.3, 0.4) is 0 Å². The van der Waals surface area contributed by atoms with Crippen molar-refractivity contribution in [2.45, 2.75) is 6.92 Å². The van der Waals surface area contributed by atoms with E-state index in [-0.39, 0.29) is 17.1 Å². The van der Waals surface area contributed by atoms with Crippen LogP contribution in [0.4, 0.5) is 10.5 Å². The van der Waals surface area contributed by atoms with Crippen molar-refractivity contribution in [3.63, 3.8) is 0 Å². The molecule has 0 aromatic heterocycles. The Morgan fingerprint density at radius 1 is 1.18 bits per heavy atom. The van der Waals surface area contributed by atoms with E-state index in [4.69, 9.17) is 4.74 Å². The van der Waals surface area contributed by atoms with Gasteiger partial charge in [0.05, 0.1) is 16.8 Å². The maximum atomic E-state index is 12.9. The Labute approximate surface area is 177 Å². The number of imide groups is 2. The Hall–Kier alpha value is -2.65. The van der Waals surface area contributed by atoms with E-state index >= 15 is 0 Å². The lowest BCUT2D eigenvalue weighted by atomic mass is 10.1. The number of ether oxygens (including phenoxy) is 1. The number of benzene rings is 2. The van der Waals surface area contributed by atoms with Crippen LogP contribution in [0.15, 0.2) is 50.9 Å². The molecule has 1 aliphatic rings. The number of rotatable bonds is 4. The number of aromatic hydroxyl groups is 1. The van der Waals surface area contributed by atoms with Gasteiger partial charge in [-0.1, -0.05) is 22.0 Å². The van der Waals surface area contributed by atoms with Crippen molar-refractivity contribution in [3.8, 4) is 11.5 Å². The fourth-order valence-corrected chi connectivity index (χ4v) is 3.46. The third-order valence-electron chi connectivity index (χ3n) is 3.83. The summed E-state index contributed by atoms with van der Waals surface area (Å²) in [4.78, 5) is 38.3. The highest BCUT2D eigenvalue weighted by Crippen LogP contribution is 2.36. The molecule has 4 amide bonds. The molecule has 0 unspecified atom stereocenters. The lowest BCUT2D eigenvalue weighted by molar-refractivity contribution is -0.122. The molecule has 7 nitrogen and oxygen atoms in total. The fourth-order valence-electron chi connectivity index (χ4n) is 2.62. The number of barbiturate groups is 1. The number of carbonyl (C=O) groups is 3. The number of anilines is 1. The zero-order valence-corrected chi connectivity index (χ0v) is 17.7. The Kier molecular flexibility index (Phi) is 5.85. The Morgan fingerprint density at radius 2 is 1.93 bits per heavy atom. The Balaban J connectivity index is 2.04. The van der Waals surface area contributed by atoms with E-state index in [0.29, 0.717) is 26.8 Å². The number of hydrogen-bond acceptors (Lipinski definition) is 5. The molecule has 2 N–H and O–H groups in total. The van der Waals surface area contributed by atoms with Gasteiger partial charge in [0.15, 0.2) is 11.5 Å². The third-order valence-corrected chi connectivity index (χ3v) is 4.93. The molecule has 0 aliphatic carbocycles. The quantitative estimate of drug-likeness (QED) is 0.480. The Morgan fingerprint density at radius 3 is 2.61 bits per heavy atom.